The van der Waals surface area contributed by atoms with Gasteiger partial charge in [0.05, 0.1) is 0 Å². The molecular formula is C5H10NS2. The molecule has 0 aliphatic heterocycles. The first-order chi connectivity index (χ1) is 3.81. The maximum atomic E-state index is 6.81. The Kier molecular flexibility index (Phi) is 5.81. The third-order valence-corrected chi connectivity index (χ3v) is 2.01. The molecule has 1 radical (unpaired) electrons. The summed E-state index contributed by atoms with van der Waals surface area (Å²) in [4.78, 5) is 0. The predicted molar refractivity (Wildman–Crippen MR) is 43.3 cm³/mol. The molecule has 0 fully saturated rings. The molecule has 1 nitrogen and oxygen atoms in total. The Hall–Kier alpha value is 0.400. The molecule has 0 unspecified atom stereocenters. The van der Waals surface area contributed by atoms with Crippen molar-refractivity contribution in [2.75, 3.05) is 12.3 Å². The summed E-state index contributed by atoms with van der Waals surface area (Å²) in [5.74, 6) is 1.04. The number of hydrogen-bond acceptors (Lipinski definition) is 2. The van der Waals surface area contributed by atoms with Crippen LogP contribution in [0.25, 0.3) is 0 Å². The van der Waals surface area contributed by atoms with Gasteiger partial charge < -0.3 is 0 Å². The second-order valence-corrected chi connectivity index (χ2v) is 3.42. The molecule has 0 saturated heterocycles. The van der Waals surface area contributed by atoms with Crippen LogP contribution in [0.5, 0.6) is 0 Å². The molecule has 0 heterocycles. The van der Waals surface area contributed by atoms with E-state index in [1.165, 1.54) is 0 Å². The lowest BCUT2D eigenvalue weighted by atomic mass is 10.5. The van der Waals surface area contributed by atoms with Crippen LogP contribution in [-0.2, 0) is 0 Å². The highest BCUT2D eigenvalue weighted by atomic mass is 32.2. The molecular weight excluding hydrogens is 138 g/mol. The minimum absolute atomic E-state index is 0.436. The van der Waals surface area contributed by atoms with Crippen LogP contribution in [0.15, 0.2) is 0 Å². The Balaban J connectivity index is 3.06. The summed E-state index contributed by atoms with van der Waals surface area (Å²) in [6, 6.07) is 0. The highest BCUT2D eigenvalue weighted by molar-refractivity contribution is 8.23. The average Bonchev–Trinajstić information content (AvgIpc) is 1.68. The van der Waals surface area contributed by atoms with Gasteiger partial charge in [0.2, 0.25) is 0 Å². The Morgan fingerprint density at radius 2 is 2.38 bits per heavy atom. The van der Waals surface area contributed by atoms with Crippen LogP contribution in [0, 0.1) is 0 Å². The van der Waals surface area contributed by atoms with Gasteiger partial charge in [-0.2, -0.15) is 0 Å². The highest BCUT2D eigenvalue weighted by Gasteiger charge is 1.91. The molecule has 3 heteroatoms. The zero-order valence-corrected chi connectivity index (χ0v) is 6.57. The number of hydrogen-bond donors (Lipinski definition) is 0. The summed E-state index contributed by atoms with van der Waals surface area (Å²) < 4.78 is 0.975. The van der Waals surface area contributed by atoms with E-state index in [1.807, 2.05) is 0 Å². The van der Waals surface area contributed by atoms with Crippen molar-refractivity contribution in [3.63, 3.8) is 0 Å². The lowest BCUT2D eigenvalue weighted by Crippen LogP contribution is -1.93. The van der Waals surface area contributed by atoms with E-state index in [0.717, 1.165) is 16.4 Å². The van der Waals surface area contributed by atoms with Crippen LogP contribution >= 0.6 is 24.0 Å². The number of thiocarbonyl (C=S) groups is 1. The molecule has 0 spiro atoms. The van der Waals surface area contributed by atoms with Gasteiger partial charge >= 0.3 is 0 Å². The average molecular weight is 148 g/mol. The van der Waals surface area contributed by atoms with Crippen LogP contribution in [0.2, 0.25) is 0 Å². The van der Waals surface area contributed by atoms with Crippen molar-refractivity contribution in [2.24, 2.45) is 0 Å². The molecule has 0 atom stereocenters. The first kappa shape index (κ1) is 8.40. The van der Waals surface area contributed by atoms with Crippen molar-refractivity contribution in [2.45, 2.75) is 13.3 Å². The zero-order valence-electron chi connectivity index (χ0n) is 4.94. The fourth-order valence-corrected chi connectivity index (χ4v) is 1.36. The van der Waals surface area contributed by atoms with E-state index in [1.54, 1.807) is 11.8 Å². The largest absolute Gasteiger partial charge is 0.257 e. The lowest BCUT2D eigenvalue weighted by Gasteiger charge is -1.94. The normalized spacial score (nSPS) is 9.25. The molecule has 0 aromatic carbocycles. The molecule has 1 N–H and O–H groups in total. The fraction of sp³-hybridized carbons (Fsp3) is 0.800. The highest BCUT2D eigenvalue weighted by Crippen LogP contribution is 2.05. The Morgan fingerprint density at radius 1 is 1.75 bits per heavy atom. The standard InChI is InChI=1S/C5H10NS2/c1-2-8-5(7)3-4-6/h6H,2-4H2,1H3. The van der Waals surface area contributed by atoms with E-state index in [0.29, 0.717) is 6.54 Å². The summed E-state index contributed by atoms with van der Waals surface area (Å²) in [6.45, 7) is 2.51. The molecule has 0 aliphatic carbocycles. The molecule has 0 rings (SSSR count). The molecule has 0 amide bonds. The van der Waals surface area contributed by atoms with Crippen LogP contribution in [0.4, 0.5) is 0 Å². The second kappa shape index (κ2) is 5.54. The van der Waals surface area contributed by atoms with E-state index in [2.05, 4.69) is 6.92 Å². The Morgan fingerprint density at radius 3 is 2.75 bits per heavy atom. The summed E-state index contributed by atoms with van der Waals surface area (Å²) in [5.41, 5.74) is 6.81. The van der Waals surface area contributed by atoms with Crippen molar-refractivity contribution < 1.29 is 0 Å². The van der Waals surface area contributed by atoms with E-state index in [4.69, 9.17) is 18.0 Å². The Bertz CT molecular complexity index is 64.8. The van der Waals surface area contributed by atoms with Crippen molar-refractivity contribution >= 4 is 28.2 Å². The predicted octanol–water partition coefficient (Wildman–Crippen LogP) is 1.74. The smallest absolute Gasteiger partial charge is 0.0491 e. The maximum absolute atomic E-state index is 6.81. The van der Waals surface area contributed by atoms with Crippen molar-refractivity contribution in [3.8, 4) is 0 Å². The second-order valence-electron chi connectivity index (χ2n) is 1.31. The van der Waals surface area contributed by atoms with Gasteiger partial charge in [0.15, 0.2) is 0 Å². The van der Waals surface area contributed by atoms with Gasteiger partial charge in [-0.3, -0.25) is 5.73 Å². The lowest BCUT2D eigenvalue weighted by molar-refractivity contribution is 1.03. The van der Waals surface area contributed by atoms with Crippen molar-refractivity contribution in [1.29, 1.82) is 0 Å². The Labute approximate surface area is 60.0 Å². The van der Waals surface area contributed by atoms with Gasteiger partial charge in [-0.25, -0.2) is 0 Å². The molecule has 0 bridgehead atoms. The topological polar surface area (TPSA) is 23.8 Å². The van der Waals surface area contributed by atoms with Crippen LogP contribution in [-0.4, -0.2) is 16.5 Å². The van der Waals surface area contributed by atoms with Gasteiger partial charge in [0.1, 0.15) is 0 Å². The van der Waals surface area contributed by atoms with Gasteiger partial charge in [0.25, 0.3) is 0 Å². The van der Waals surface area contributed by atoms with Gasteiger partial charge in [-0.05, 0) is 5.75 Å². The molecule has 47 valence electrons. The summed E-state index contributed by atoms with van der Waals surface area (Å²) >= 11 is 6.56. The van der Waals surface area contributed by atoms with E-state index in [-0.39, 0.29) is 0 Å². The maximum Gasteiger partial charge on any atom is 0.0491 e. The molecule has 0 saturated carbocycles. The molecule has 0 aromatic rings. The van der Waals surface area contributed by atoms with E-state index in [9.17, 15) is 0 Å². The van der Waals surface area contributed by atoms with Gasteiger partial charge in [-0.15, -0.1) is 11.8 Å². The van der Waals surface area contributed by atoms with E-state index < -0.39 is 0 Å². The van der Waals surface area contributed by atoms with E-state index >= 15 is 0 Å². The van der Waals surface area contributed by atoms with Crippen LogP contribution < -0.4 is 5.73 Å². The first-order valence-corrected chi connectivity index (χ1v) is 4.00. The first-order valence-electron chi connectivity index (χ1n) is 2.61. The number of rotatable bonds is 3. The minimum Gasteiger partial charge on any atom is -0.257 e. The van der Waals surface area contributed by atoms with Crippen molar-refractivity contribution in [3.05, 3.63) is 0 Å². The number of thioether (sulfide) groups is 1. The third kappa shape index (κ3) is 4.56. The van der Waals surface area contributed by atoms with Crippen molar-refractivity contribution in [1.82, 2.24) is 5.73 Å². The summed E-state index contributed by atoms with van der Waals surface area (Å²) in [6.07, 6.45) is 0.772. The monoisotopic (exact) mass is 148 g/mol. The van der Waals surface area contributed by atoms with Gasteiger partial charge in [0, 0.05) is 17.2 Å². The molecule has 0 aromatic heterocycles. The fourth-order valence-electron chi connectivity index (χ4n) is 0.335. The quantitative estimate of drug-likeness (QED) is 0.569. The van der Waals surface area contributed by atoms with Gasteiger partial charge in [-0.1, -0.05) is 19.1 Å². The summed E-state index contributed by atoms with van der Waals surface area (Å²) in [7, 11) is 0. The SMILES string of the molecule is CCSC(=S)CC[NH]. The molecule has 8 heavy (non-hydrogen) atoms. The minimum atomic E-state index is 0.436. The van der Waals surface area contributed by atoms with Crippen LogP contribution in [0.3, 0.4) is 0 Å². The zero-order chi connectivity index (χ0) is 6.41. The van der Waals surface area contributed by atoms with Crippen LogP contribution in [0.1, 0.15) is 13.3 Å². The number of nitrogens with one attached hydrogen (secondary N) is 1. The summed E-state index contributed by atoms with van der Waals surface area (Å²) in [5, 5.41) is 0. The third-order valence-electron chi connectivity index (χ3n) is 0.634. The molecule has 0 aliphatic rings.